The molecule has 0 radical (unpaired) electrons. The van der Waals surface area contributed by atoms with Gasteiger partial charge in [-0.05, 0) is 63.6 Å². The Hall–Kier alpha value is -2.36. The average molecular weight is 410 g/mol. The molecule has 0 unspecified atom stereocenters. The summed E-state index contributed by atoms with van der Waals surface area (Å²) in [5.41, 5.74) is 0.353. The van der Waals surface area contributed by atoms with Gasteiger partial charge in [0.2, 0.25) is 0 Å². The third-order valence-corrected chi connectivity index (χ3v) is 3.36. The third-order valence-electron chi connectivity index (χ3n) is 2.81. The summed E-state index contributed by atoms with van der Waals surface area (Å²) in [5, 5.41) is 0.466. The van der Waals surface area contributed by atoms with E-state index < -0.39 is 0 Å². The highest BCUT2D eigenvalue weighted by molar-refractivity contribution is 6.31. The molecule has 144 valence electrons. The van der Waals surface area contributed by atoms with Gasteiger partial charge < -0.3 is 14.3 Å². The molecule has 2 aromatic rings. The van der Waals surface area contributed by atoms with E-state index in [9.17, 15) is 4.79 Å². The Balaban J connectivity index is 0.000000271. The van der Waals surface area contributed by atoms with Gasteiger partial charge in [-0.1, -0.05) is 18.2 Å². The molecule has 0 saturated heterocycles. The van der Waals surface area contributed by atoms with Crippen LogP contribution in [0.2, 0.25) is 10.3 Å². The number of hydrogen-bond donors (Lipinski definition) is 0. The summed E-state index contributed by atoms with van der Waals surface area (Å²) in [5.74, 6) is 1.19. The van der Waals surface area contributed by atoms with Crippen molar-refractivity contribution in [3.63, 3.8) is 0 Å². The van der Waals surface area contributed by atoms with Crippen LogP contribution in [0.15, 0.2) is 24.3 Å². The largest absolute Gasteiger partial charge is 0.488 e. The molecule has 0 N–H and O–H groups in total. The van der Waals surface area contributed by atoms with Gasteiger partial charge in [-0.2, -0.15) is 0 Å². The fraction of sp³-hybridized carbons (Fsp3) is 0.368. The number of halogens is 2. The van der Waals surface area contributed by atoms with Crippen LogP contribution in [0.4, 0.5) is 5.82 Å². The first-order chi connectivity index (χ1) is 12.6. The molecule has 0 bridgehead atoms. The Morgan fingerprint density at radius 3 is 1.81 bits per heavy atom. The molecule has 0 aliphatic carbocycles. The lowest BCUT2D eigenvalue weighted by molar-refractivity contribution is 0.101. The van der Waals surface area contributed by atoms with Crippen molar-refractivity contribution in [1.29, 1.82) is 0 Å². The topological polar surface area (TPSA) is 65.7 Å². The lowest BCUT2D eigenvalue weighted by Crippen LogP contribution is -2.07. The minimum Gasteiger partial charge on any atom is -0.488 e. The summed E-state index contributed by atoms with van der Waals surface area (Å²) >= 11 is 11.6. The van der Waals surface area contributed by atoms with Crippen LogP contribution in [-0.4, -0.2) is 28.0 Å². The normalized spacial score (nSPS) is 10.1. The minimum absolute atomic E-state index is 0.0393. The highest BCUT2D eigenvalue weighted by Gasteiger charge is 2.09. The molecule has 27 heavy (non-hydrogen) atoms. The van der Waals surface area contributed by atoms with E-state index in [4.69, 9.17) is 39.2 Å². The summed E-state index contributed by atoms with van der Waals surface area (Å²) in [7, 11) is 0. The fourth-order valence-corrected chi connectivity index (χ4v) is 2.17. The van der Waals surface area contributed by atoms with Crippen LogP contribution in [0.25, 0.3) is 4.85 Å². The second-order valence-electron chi connectivity index (χ2n) is 5.95. The fourth-order valence-electron chi connectivity index (χ4n) is 1.78. The Labute approximate surface area is 169 Å². The van der Waals surface area contributed by atoms with Crippen LogP contribution in [0.5, 0.6) is 11.5 Å². The Morgan fingerprint density at radius 2 is 1.44 bits per heavy atom. The molecule has 2 heterocycles. The van der Waals surface area contributed by atoms with E-state index in [1.807, 2.05) is 27.7 Å². The summed E-state index contributed by atoms with van der Waals surface area (Å²) in [6.45, 7) is 15.8. The van der Waals surface area contributed by atoms with Crippen LogP contribution < -0.4 is 9.47 Å². The van der Waals surface area contributed by atoms with Crippen molar-refractivity contribution in [2.24, 2.45) is 0 Å². The summed E-state index contributed by atoms with van der Waals surface area (Å²) in [6, 6.07) is 6.50. The summed E-state index contributed by atoms with van der Waals surface area (Å²) in [4.78, 5) is 21.9. The molecule has 0 atom stereocenters. The van der Waals surface area contributed by atoms with Gasteiger partial charge >= 0.3 is 0 Å². The highest BCUT2D eigenvalue weighted by Crippen LogP contribution is 2.26. The number of rotatable bonds is 5. The maximum Gasteiger partial charge on any atom is 0.271 e. The molecule has 0 aliphatic heterocycles. The molecule has 0 aromatic carbocycles. The van der Waals surface area contributed by atoms with E-state index in [0.29, 0.717) is 17.2 Å². The van der Waals surface area contributed by atoms with Gasteiger partial charge in [0.1, 0.15) is 5.69 Å². The monoisotopic (exact) mass is 409 g/mol. The van der Waals surface area contributed by atoms with Crippen molar-refractivity contribution < 1.29 is 14.3 Å². The van der Waals surface area contributed by atoms with Gasteiger partial charge in [-0.3, -0.25) is 4.79 Å². The third kappa shape index (κ3) is 7.81. The van der Waals surface area contributed by atoms with Gasteiger partial charge in [-0.15, -0.1) is 4.98 Å². The van der Waals surface area contributed by atoms with Crippen LogP contribution in [0, 0.1) is 6.57 Å². The van der Waals surface area contributed by atoms with Gasteiger partial charge in [0.25, 0.3) is 11.0 Å². The molecule has 6 nitrogen and oxygen atoms in total. The molecule has 2 aromatic heterocycles. The van der Waals surface area contributed by atoms with E-state index in [-0.39, 0.29) is 34.1 Å². The lowest BCUT2D eigenvalue weighted by atomic mass is 10.3. The number of carbonyl (C=O) groups excluding carboxylic acids is 1. The van der Waals surface area contributed by atoms with Gasteiger partial charge in [0.15, 0.2) is 22.4 Å². The molecule has 0 saturated carbocycles. The van der Waals surface area contributed by atoms with E-state index in [0.717, 1.165) is 0 Å². The van der Waals surface area contributed by atoms with Gasteiger partial charge in [-0.25, -0.2) is 4.98 Å². The Kier molecular flexibility index (Phi) is 8.99. The second-order valence-corrected chi connectivity index (χ2v) is 6.66. The first-order valence-electron chi connectivity index (χ1n) is 8.18. The van der Waals surface area contributed by atoms with E-state index in [1.54, 1.807) is 24.3 Å². The zero-order valence-electron chi connectivity index (χ0n) is 15.8. The number of Topliss-reactive ketones (excluding diaryl/α,β-unsaturated/α-hetero) is 1. The summed E-state index contributed by atoms with van der Waals surface area (Å²) < 4.78 is 10.7. The smallest absolute Gasteiger partial charge is 0.271 e. The van der Waals surface area contributed by atoms with Crippen LogP contribution >= 0.6 is 23.2 Å². The van der Waals surface area contributed by atoms with Crippen LogP contribution in [-0.2, 0) is 0 Å². The number of aromatic nitrogens is 2. The van der Waals surface area contributed by atoms with E-state index in [1.165, 1.54) is 6.92 Å². The Morgan fingerprint density at radius 1 is 0.963 bits per heavy atom. The van der Waals surface area contributed by atoms with Crippen molar-refractivity contribution in [2.75, 3.05) is 0 Å². The molecular formula is C19H21Cl2N3O3. The van der Waals surface area contributed by atoms with Crippen molar-refractivity contribution in [3.8, 4) is 11.5 Å². The molecule has 0 aliphatic rings. The van der Waals surface area contributed by atoms with Crippen molar-refractivity contribution in [3.05, 3.63) is 51.7 Å². The quantitative estimate of drug-likeness (QED) is 0.354. The van der Waals surface area contributed by atoms with Gasteiger partial charge in [0, 0.05) is 6.92 Å². The first-order valence-corrected chi connectivity index (χ1v) is 8.94. The predicted octanol–water partition coefficient (Wildman–Crippen LogP) is 5.80. The standard InChI is InChI=1S/C10H12ClNO2.C9H9ClN2O/c1-6(2)14-9-5-4-8(7(3)13)12-10(9)11;1-6(2)13-7-4-5-8(11-3)12-9(7)10/h4-6H,1-3H3;4-6H,1-2H3. The molecule has 0 fully saturated rings. The molecule has 8 heteroatoms. The average Bonchev–Trinajstić information content (AvgIpc) is 2.58. The molecular weight excluding hydrogens is 389 g/mol. The van der Waals surface area contributed by atoms with Crippen molar-refractivity contribution in [2.45, 2.75) is 46.8 Å². The second kappa shape index (κ2) is 10.7. The molecule has 0 spiro atoms. The van der Waals surface area contributed by atoms with Crippen LogP contribution in [0.1, 0.15) is 45.1 Å². The first kappa shape index (κ1) is 22.7. The lowest BCUT2D eigenvalue weighted by Gasteiger charge is -2.10. The molecule has 0 amide bonds. The summed E-state index contributed by atoms with van der Waals surface area (Å²) in [6.07, 6.45) is 0.0931. The number of ketones is 1. The zero-order valence-corrected chi connectivity index (χ0v) is 17.3. The number of ether oxygens (including phenoxy) is 2. The van der Waals surface area contributed by atoms with Crippen LogP contribution in [0.3, 0.4) is 0 Å². The van der Waals surface area contributed by atoms with E-state index >= 15 is 0 Å². The zero-order chi connectivity index (χ0) is 20.6. The number of hydrogen-bond acceptors (Lipinski definition) is 5. The highest BCUT2D eigenvalue weighted by atomic mass is 35.5. The van der Waals surface area contributed by atoms with Gasteiger partial charge in [0.05, 0.1) is 12.2 Å². The van der Waals surface area contributed by atoms with Crippen molar-refractivity contribution >= 4 is 34.8 Å². The predicted molar refractivity (Wildman–Crippen MR) is 106 cm³/mol. The van der Waals surface area contributed by atoms with E-state index in [2.05, 4.69) is 14.8 Å². The molecule has 2 rings (SSSR count). The SMILES string of the molecule is CC(=O)c1ccc(OC(C)C)c(Cl)n1.[C-]#[N+]c1ccc(OC(C)C)c(Cl)n1. The minimum atomic E-state index is -0.108. The Bertz CT molecular complexity index is 833. The van der Waals surface area contributed by atoms with Crippen molar-refractivity contribution in [1.82, 2.24) is 9.97 Å². The number of carbonyl (C=O) groups is 1. The number of nitrogens with zero attached hydrogens (tertiary/aromatic N) is 3. The maximum atomic E-state index is 11.0. The maximum absolute atomic E-state index is 11.0. The number of pyridine rings is 2.